The molecule has 23 heavy (non-hydrogen) atoms. The molecule has 0 radical (unpaired) electrons. The maximum absolute atomic E-state index is 12.2. The first kappa shape index (κ1) is 17.5. The zero-order chi connectivity index (χ0) is 16.9. The van der Waals surface area contributed by atoms with Crippen molar-refractivity contribution in [2.45, 2.75) is 24.4 Å². The minimum absolute atomic E-state index is 0.0598. The van der Waals surface area contributed by atoms with Crippen LogP contribution in [-0.2, 0) is 21.4 Å². The van der Waals surface area contributed by atoms with Crippen LogP contribution in [0.1, 0.15) is 12.5 Å². The predicted octanol–water partition coefficient (Wildman–Crippen LogP) is 2.32. The summed E-state index contributed by atoms with van der Waals surface area (Å²) >= 11 is 5.74. The zero-order valence-corrected chi connectivity index (χ0v) is 14.1. The standard InChI is InChI=1S/C16H17ClN2O3S/c1-12(16(20)18-11-13-5-3-2-4-6-13)19-23(21,22)15-9-7-14(17)8-10-15/h2-10,12,19H,11H2,1H3,(H,18,20)/t12-/m0/s1. The third-order valence-corrected chi connectivity index (χ3v) is 4.97. The largest absolute Gasteiger partial charge is 0.351 e. The first-order valence-electron chi connectivity index (χ1n) is 6.98. The quantitative estimate of drug-likeness (QED) is 0.837. The minimum Gasteiger partial charge on any atom is -0.351 e. The van der Waals surface area contributed by atoms with Crippen LogP contribution in [0.15, 0.2) is 59.5 Å². The summed E-state index contributed by atoms with van der Waals surface area (Å²) < 4.78 is 26.7. The third kappa shape index (κ3) is 5.06. The molecule has 1 atom stereocenters. The van der Waals surface area contributed by atoms with Gasteiger partial charge >= 0.3 is 0 Å². The average molecular weight is 353 g/mol. The molecule has 0 saturated carbocycles. The van der Waals surface area contributed by atoms with Crippen LogP contribution >= 0.6 is 11.6 Å². The lowest BCUT2D eigenvalue weighted by Crippen LogP contribution is -2.44. The van der Waals surface area contributed by atoms with E-state index in [1.165, 1.54) is 31.2 Å². The molecule has 0 aliphatic carbocycles. The van der Waals surface area contributed by atoms with Crippen molar-refractivity contribution in [2.24, 2.45) is 0 Å². The van der Waals surface area contributed by atoms with Crippen molar-refractivity contribution < 1.29 is 13.2 Å². The number of carbonyl (C=O) groups is 1. The maximum Gasteiger partial charge on any atom is 0.241 e. The number of carbonyl (C=O) groups excluding carboxylic acids is 1. The Labute approximate surface area is 140 Å². The molecule has 0 bridgehead atoms. The fourth-order valence-corrected chi connectivity index (χ4v) is 3.24. The van der Waals surface area contributed by atoms with Crippen LogP contribution in [0, 0.1) is 0 Å². The van der Waals surface area contributed by atoms with Gasteiger partial charge < -0.3 is 5.32 Å². The summed E-state index contributed by atoms with van der Waals surface area (Å²) in [5.74, 6) is -0.397. The van der Waals surface area contributed by atoms with Crippen LogP contribution in [0.4, 0.5) is 0 Å². The van der Waals surface area contributed by atoms with E-state index >= 15 is 0 Å². The molecule has 5 nitrogen and oxygen atoms in total. The number of hydrogen-bond acceptors (Lipinski definition) is 3. The number of amides is 1. The summed E-state index contributed by atoms with van der Waals surface area (Å²) in [4.78, 5) is 12.1. The second kappa shape index (κ2) is 7.59. The SMILES string of the molecule is C[C@H](NS(=O)(=O)c1ccc(Cl)cc1)C(=O)NCc1ccccc1. The molecule has 2 rings (SSSR count). The first-order chi connectivity index (χ1) is 10.9. The fraction of sp³-hybridized carbons (Fsp3) is 0.188. The van der Waals surface area contributed by atoms with E-state index in [9.17, 15) is 13.2 Å². The predicted molar refractivity (Wildman–Crippen MR) is 89.5 cm³/mol. The van der Waals surface area contributed by atoms with Crippen LogP contribution in [-0.4, -0.2) is 20.4 Å². The highest BCUT2D eigenvalue weighted by molar-refractivity contribution is 7.89. The highest BCUT2D eigenvalue weighted by Gasteiger charge is 2.21. The van der Waals surface area contributed by atoms with Gasteiger partial charge in [0.25, 0.3) is 0 Å². The summed E-state index contributed by atoms with van der Waals surface area (Å²) in [6.45, 7) is 1.83. The van der Waals surface area contributed by atoms with E-state index in [0.29, 0.717) is 11.6 Å². The monoisotopic (exact) mass is 352 g/mol. The molecule has 0 spiro atoms. The first-order valence-corrected chi connectivity index (χ1v) is 8.84. The topological polar surface area (TPSA) is 75.3 Å². The lowest BCUT2D eigenvalue weighted by Gasteiger charge is -2.14. The Hall–Kier alpha value is -1.89. The smallest absolute Gasteiger partial charge is 0.241 e. The van der Waals surface area contributed by atoms with Gasteiger partial charge in [0, 0.05) is 11.6 Å². The van der Waals surface area contributed by atoms with Crippen molar-refractivity contribution in [1.82, 2.24) is 10.0 Å². The van der Waals surface area contributed by atoms with Gasteiger partial charge in [0.2, 0.25) is 15.9 Å². The van der Waals surface area contributed by atoms with Gasteiger partial charge in [-0.15, -0.1) is 0 Å². The summed E-state index contributed by atoms with van der Waals surface area (Å²) in [6.07, 6.45) is 0. The minimum atomic E-state index is -3.77. The molecule has 0 heterocycles. The van der Waals surface area contributed by atoms with Crippen LogP contribution < -0.4 is 10.0 Å². The second-order valence-electron chi connectivity index (χ2n) is 5.00. The highest BCUT2D eigenvalue weighted by Crippen LogP contribution is 2.14. The molecule has 0 fully saturated rings. The number of halogens is 1. The van der Waals surface area contributed by atoms with Crippen molar-refractivity contribution >= 4 is 27.5 Å². The van der Waals surface area contributed by atoms with Crippen molar-refractivity contribution in [3.63, 3.8) is 0 Å². The van der Waals surface area contributed by atoms with Crippen LogP contribution in [0.3, 0.4) is 0 Å². The van der Waals surface area contributed by atoms with Gasteiger partial charge in [0.15, 0.2) is 0 Å². The molecular formula is C16H17ClN2O3S. The maximum atomic E-state index is 12.2. The number of sulfonamides is 1. The lowest BCUT2D eigenvalue weighted by molar-refractivity contribution is -0.122. The molecular weight excluding hydrogens is 336 g/mol. The fourth-order valence-electron chi connectivity index (χ4n) is 1.91. The van der Waals surface area contributed by atoms with Crippen molar-refractivity contribution in [3.05, 3.63) is 65.2 Å². The Balaban J connectivity index is 1.96. The molecule has 0 aliphatic heterocycles. The summed E-state index contributed by atoms with van der Waals surface area (Å²) in [6, 6.07) is 14.2. The third-order valence-electron chi connectivity index (χ3n) is 3.16. The summed E-state index contributed by atoms with van der Waals surface area (Å²) in [5.41, 5.74) is 0.939. The zero-order valence-electron chi connectivity index (χ0n) is 12.5. The van der Waals surface area contributed by atoms with Gasteiger partial charge in [0.1, 0.15) is 0 Å². The van der Waals surface area contributed by atoms with Gasteiger partial charge in [-0.25, -0.2) is 8.42 Å². The van der Waals surface area contributed by atoms with Crippen LogP contribution in [0.2, 0.25) is 5.02 Å². The van der Waals surface area contributed by atoms with Gasteiger partial charge in [0.05, 0.1) is 10.9 Å². The number of rotatable bonds is 6. The molecule has 122 valence electrons. The number of benzene rings is 2. The Kier molecular flexibility index (Phi) is 5.76. The van der Waals surface area contributed by atoms with Crippen LogP contribution in [0.5, 0.6) is 0 Å². The second-order valence-corrected chi connectivity index (χ2v) is 7.15. The van der Waals surface area contributed by atoms with E-state index in [1.807, 2.05) is 30.3 Å². The normalized spacial score (nSPS) is 12.6. The van der Waals surface area contributed by atoms with Crippen molar-refractivity contribution in [3.8, 4) is 0 Å². The van der Waals surface area contributed by atoms with E-state index in [4.69, 9.17) is 11.6 Å². The molecule has 0 aliphatic rings. The van der Waals surface area contributed by atoms with Crippen molar-refractivity contribution in [1.29, 1.82) is 0 Å². The van der Waals surface area contributed by atoms with E-state index in [2.05, 4.69) is 10.0 Å². The lowest BCUT2D eigenvalue weighted by atomic mass is 10.2. The van der Waals surface area contributed by atoms with Gasteiger partial charge in [-0.05, 0) is 36.8 Å². The number of nitrogens with one attached hydrogen (secondary N) is 2. The Morgan fingerprint density at radius 3 is 2.30 bits per heavy atom. The molecule has 0 aromatic heterocycles. The Morgan fingerprint density at radius 1 is 1.09 bits per heavy atom. The molecule has 0 unspecified atom stereocenters. The van der Waals surface area contributed by atoms with Gasteiger partial charge in [-0.1, -0.05) is 41.9 Å². The molecule has 1 amide bonds. The Morgan fingerprint density at radius 2 is 1.70 bits per heavy atom. The van der Waals surface area contributed by atoms with Gasteiger partial charge in [-0.3, -0.25) is 4.79 Å². The van der Waals surface area contributed by atoms with E-state index in [0.717, 1.165) is 5.56 Å². The molecule has 0 saturated heterocycles. The molecule has 7 heteroatoms. The highest BCUT2D eigenvalue weighted by atomic mass is 35.5. The van der Waals surface area contributed by atoms with E-state index in [-0.39, 0.29) is 4.90 Å². The molecule has 2 N–H and O–H groups in total. The Bertz CT molecular complexity index is 762. The average Bonchev–Trinajstić information content (AvgIpc) is 2.53. The van der Waals surface area contributed by atoms with E-state index in [1.54, 1.807) is 0 Å². The molecule has 2 aromatic carbocycles. The summed E-state index contributed by atoms with van der Waals surface area (Å²) in [7, 11) is -3.77. The van der Waals surface area contributed by atoms with E-state index < -0.39 is 22.0 Å². The molecule has 2 aromatic rings. The summed E-state index contributed by atoms with van der Waals surface area (Å²) in [5, 5.41) is 3.14. The van der Waals surface area contributed by atoms with Crippen molar-refractivity contribution in [2.75, 3.05) is 0 Å². The van der Waals surface area contributed by atoms with Crippen LogP contribution in [0.25, 0.3) is 0 Å². The number of hydrogen-bond donors (Lipinski definition) is 2. The van der Waals surface area contributed by atoms with Gasteiger partial charge in [-0.2, -0.15) is 4.72 Å².